The molecule has 0 bridgehead atoms. The Balaban J connectivity index is 2.19. The van der Waals surface area contributed by atoms with Crippen LogP contribution in [0.2, 0.25) is 0 Å². The van der Waals surface area contributed by atoms with Crippen LogP contribution in [0, 0.1) is 20.8 Å². The standard InChI is InChI=1S/C19H21N3/c1-6-17-16-11-20-12(2)9-15(16)7-8-19(17,5)18-10-13(3)21-14(4)22-18/h9-11H,1,7-8H2,2-5H3. The van der Waals surface area contributed by atoms with Crippen molar-refractivity contribution in [1.29, 1.82) is 0 Å². The fourth-order valence-corrected chi connectivity index (χ4v) is 3.40. The van der Waals surface area contributed by atoms with E-state index in [1.54, 1.807) is 0 Å². The Kier molecular flexibility index (Phi) is 3.46. The molecule has 1 aliphatic carbocycles. The lowest BCUT2D eigenvalue weighted by Gasteiger charge is -2.36. The summed E-state index contributed by atoms with van der Waals surface area (Å²) in [4.78, 5) is 13.6. The second-order valence-corrected chi connectivity index (χ2v) is 6.31. The van der Waals surface area contributed by atoms with Crippen molar-refractivity contribution in [3.05, 3.63) is 64.7 Å². The van der Waals surface area contributed by atoms with Crippen LogP contribution in [0.1, 0.15) is 47.4 Å². The molecule has 0 saturated carbocycles. The summed E-state index contributed by atoms with van der Waals surface area (Å²) in [6, 6.07) is 4.25. The van der Waals surface area contributed by atoms with Gasteiger partial charge in [0.05, 0.1) is 5.69 Å². The first-order chi connectivity index (χ1) is 10.4. The molecule has 3 rings (SSSR count). The molecule has 0 spiro atoms. The summed E-state index contributed by atoms with van der Waals surface area (Å²) in [5, 5.41) is 0. The molecule has 0 aliphatic heterocycles. The number of fused-ring (bicyclic) bond motifs is 1. The first-order valence-electron chi connectivity index (χ1n) is 7.63. The van der Waals surface area contributed by atoms with Crippen LogP contribution < -0.4 is 0 Å². The number of aryl methyl sites for hydroxylation is 4. The van der Waals surface area contributed by atoms with E-state index in [1.165, 1.54) is 5.56 Å². The number of rotatable bonds is 1. The zero-order valence-electron chi connectivity index (χ0n) is 13.7. The average Bonchev–Trinajstić information content (AvgIpc) is 2.46. The first-order valence-corrected chi connectivity index (χ1v) is 7.63. The molecule has 1 unspecified atom stereocenters. The number of allylic oxidation sites excluding steroid dienone is 1. The molecule has 3 nitrogen and oxygen atoms in total. The lowest BCUT2D eigenvalue weighted by molar-refractivity contribution is 0.521. The van der Waals surface area contributed by atoms with Crippen LogP contribution in [0.4, 0.5) is 0 Å². The first kappa shape index (κ1) is 14.7. The monoisotopic (exact) mass is 291 g/mol. The van der Waals surface area contributed by atoms with E-state index in [0.717, 1.165) is 46.9 Å². The zero-order chi connectivity index (χ0) is 15.9. The minimum atomic E-state index is -0.190. The predicted molar refractivity (Wildman–Crippen MR) is 88.7 cm³/mol. The SMILES string of the molecule is C=C=C1c2cnc(C)cc2CCC1(C)c1cc(C)nc(C)n1. The third kappa shape index (κ3) is 2.28. The van der Waals surface area contributed by atoms with E-state index in [0.29, 0.717) is 0 Å². The fourth-order valence-electron chi connectivity index (χ4n) is 3.40. The zero-order valence-corrected chi connectivity index (χ0v) is 13.7. The molecule has 3 heteroatoms. The number of nitrogens with zero attached hydrogens (tertiary/aromatic N) is 3. The van der Waals surface area contributed by atoms with Crippen LogP contribution >= 0.6 is 0 Å². The number of pyridine rings is 1. The Morgan fingerprint density at radius 3 is 2.59 bits per heavy atom. The van der Waals surface area contributed by atoms with Gasteiger partial charge in [0, 0.05) is 34.1 Å². The number of aromatic nitrogens is 3. The highest BCUT2D eigenvalue weighted by Crippen LogP contribution is 2.45. The topological polar surface area (TPSA) is 38.7 Å². The number of hydrogen-bond acceptors (Lipinski definition) is 3. The van der Waals surface area contributed by atoms with Gasteiger partial charge in [-0.1, -0.05) is 6.58 Å². The molecule has 0 N–H and O–H groups in total. The predicted octanol–water partition coefficient (Wildman–Crippen LogP) is 3.87. The smallest absolute Gasteiger partial charge is 0.125 e. The van der Waals surface area contributed by atoms with E-state index in [-0.39, 0.29) is 5.41 Å². The van der Waals surface area contributed by atoms with E-state index in [9.17, 15) is 0 Å². The normalized spacial score (nSPS) is 20.5. The van der Waals surface area contributed by atoms with Crippen molar-refractivity contribution in [1.82, 2.24) is 15.0 Å². The molecule has 0 amide bonds. The van der Waals surface area contributed by atoms with Gasteiger partial charge in [-0.15, -0.1) is 5.73 Å². The maximum atomic E-state index is 4.70. The minimum Gasteiger partial charge on any atom is -0.261 e. The van der Waals surface area contributed by atoms with Crippen molar-refractivity contribution in [3.8, 4) is 0 Å². The highest BCUT2D eigenvalue weighted by molar-refractivity contribution is 5.77. The van der Waals surface area contributed by atoms with Crippen LogP contribution in [-0.2, 0) is 11.8 Å². The van der Waals surface area contributed by atoms with E-state index in [1.807, 2.05) is 27.0 Å². The second-order valence-electron chi connectivity index (χ2n) is 6.31. The second kappa shape index (κ2) is 5.19. The maximum Gasteiger partial charge on any atom is 0.125 e. The van der Waals surface area contributed by atoms with Gasteiger partial charge in [-0.05, 0) is 58.2 Å². The molecule has 2 heterocycles. The molecule has 2 aromatic rings. The van der Waals surface area contributed by atoms with E-state index >= 15 is 0 Å². The summed E-state index contributed by atoms with van der Waals surface area (Å²) in [6.07, 6.45) is 3.97. The van der Waals surface area contributed by atoms with Gasteiger partial charge in [-0.2, -0.15) is 0 Å². The quantitative estimate of drug-likeness (QED) is 0.749. The Labute approximate surface area is 131 Å². The van der Waals surface area contributed by atoms with Crippen LogP contribution in [0.3, 0.4) is 0 Å². The molecule has 1 aliphatic rings. The van der Waals surface area contributed by atoms with Crippen LogP contribution in [0.15, 0.2) is 30.6 Å². The Hall–Kier alpha value is -2.25. The van der Waals surface area contributed by atoms with Gasteiger partial charge in [0.2, 0.25) is 0 Å². The van der Waals surface area contributed by atoms with Crippen molar-refractivity contribution in [2.45, 2.75) is 46.0 Å². The Bertz CT molecular complexity index is 780. The van der Waals surface area contributed by atoms with E-state index in [4.69, 9.17) is 4.98 Å². The third-order valence-electron chi connectivity index (χ3n) is 4.55. The van der Waals surface area contributed by atoms with Gasteiger partial charge < -0.3 is 0 Å². The molecule has 0 aromatic carbocycles. The van der Waals surface area contributed by atoms with Gasteiger partial charge in [-0.3, -0.25) is 4.98 Å². The van der Waals surface area contributed by atoms with Gasteiger partial charge in [0.25, 0.3) is 0 Å². The molecular weight excluding hydrogens is 270 g/mol. The molecule has 112 valence electrons. The summed E-state index contributed by atoms with van der Waals surface area (Å²) < 4.78 is 0. The molecule has 0 saturated heterocycles. The fraction of sp³-hybridized carbons (Fsp3) is 0.368. The molecule has 0 radical (unpaired) electrons. The molecular formula is C19H21N3. The third-order valence-corrected chi connectivity index (χ3v) is 4.55. The molecule has 1 atom stereocenters. The Morgan fingerprint density at radius 2 is 1.91 bits per heavy atom. The van der Waals surface area contributed by atoms with Crippen molar-refractivity contribution in [2.24, 2.45) is 0 Å². The van der Waals surface area contributed by atoms with Crippen molar-refractivity contribution in [2.75, 3.05) is 0 Å². The highest BCUT2D eigenvalue weighted by Gasteiger charge is 2.38. The molecule has 0 fully saturated rings. The van der Waals surface area contributed by atoms with Gasteiger partial charge >= 0.3 is 0 Å². The highest BCUT2D eigenvalue weighted by atomic mass is 14.9. The van der Waals surface area contributed by atoms with E-state index < -0.39 is 0 Å². The molecule has 22 heavy (non-hydrogen) atoms. The summed E-state index contributed by atoms with van der Waals surface area (Å²) in [5.41, 5.74) is 9.67. The van der Waals surface area contributed by atoms with Gasteiger partial charge in [0.1, 0.15) is 5.82 Å². The van der Waals surface area contributed by atoms with Gasteiger partial charge in [-0.25, -0.2) is 9.97 Å². The maximum absolute atomic E-state index is 4.70. The summed E-state index contributed by atoms with van der Waals surface area (Å²) in [5.74, 6) is 0.812. The van der Waals surface area contributed by atoms with Crippen molar-refractivity contribution < 1.29 is 0 Å². The minimum absolute atomic E-state index is 0.190. The average molecular weight is 291 g/mol. The number of hydrogen-bond donors (Lipinski definition) is 0. The molecule has 2 aromatic heterocycles. The summed E-state index contributed by atoms with van der Waals surface area (Å²) in [6.45, 7) is 12.2. The summed E-state index contributed by atoms with van der Waals surface area (Å²) in [7, 11) is 0. The van der Waals surface area contributed by atoms with Crippen molar-refractivity contribution in [3.63, 3.8) is 0 Å². The van der Waals surface area contributed by atoms with Crippen molar-refractivity contribution >= 4 is 5.57 Å². The largest absolute Gasteiger partial charge is 0.261 e. The lowest BCUT2D eigenvalue weighted by atomic mass is 9.67. The van der Waals surface area contributed by atoms with E-state index in [2.05, 4.69) is 41.3 Å². The lowest BCUT2D eigenvalue weighted by Crippen LogP contribution is -2.30. The summed E-state index contributed by atoms with van der Waals surface area (Å²) >= 11 is 0. The van der Waals surface area contributed by atoms with Gasteiger partial charge in [0.15, 0.2) is 0 Å². The van der Waals surface area contributed by atoms with Crippen LogP contribution in [0.5, 0.6) is 0 Å². The Morgan fingerprint density at radius 1 is 1.14 bits per heavy atom. The van der Waals surface area contributed by atoms with Crippen LogP contribution in [0.25, 0.3) is 5.57 Å². The van der Waals surface area contributed by atoms with Crippen LogP contribution in [-0.4, -0.2) is 15.0 Å².